The maximum atomic E-state index is 12.3. The Labute approximate surface area is 161 Å². The molecule has 1 unspecified atom stereocenters. The van der Waals surface area contributed by atoms with E-state index in [4.69, 9.17) is 4.74 Å². The van der Waals surface area contributed by atoms with Gasteiger partial charge in [-0.1, -0.05) is 12.1 Å². The molecule has 0 saturated carbocycles. The summed E-state index contributed by atoms with van der Waals surface area (Å²) in [6, 6.07) is 5.74. The lowest BCUT2D eigenvalue weighted by Gasteiger charge is -2.30. The molecule has 1 saturated heterocycles. The van der Waals surface area contributed by atoms with Gasteiger partial charge in [-0.3, -0.25) is 9.59 Å². The van der Waals surface area contributed by atoms with Gasteiger partial charge < -0.3 is 10.1 Å². The van der Waals surface area contributed by atoms with Crippen LogP contribution in [-0.2, 0) is 24.3 Å². The highest BCUT2D eigenvalue weighted by Crippen LogP contribution is 2.22. The quantitative estimate of drug-likeness (QED) is 0.745. The number of anilines is 1. The molecule has 8 heteroatoms. The lowest BCUT2D eigenvalue weighted by atomic mass is 9.98. The van der Waals surface area contributed by atoms with E-state index >= 15 is 0 Å². The van der Waals surface area contributed by atoms with Crippen LogP contribution in [0.3, 0.4) is 0 Å². The van der Waals surface area contributed by atoms with Crippen LogP contribution in [0, 0.1) is 19.8 Å². The molecule has 0 bridgehead atoms. The van der Waals surface area contributed by atoms with Crippen molar-refractivity contribution in [3.05, 3.63) is 29.3 Å². The van der Waals surface area contributed by atoms with Gasteiger partial charge >= 0.3 is 5.97 Å². The first kappa shape index (κ1) is 21.4. The third-order valence-corrected chi connectivity index (χ3v) is 6.74. The first-order valence-electron chi connectivity index (χ1n) is 9.20. The Balaban J connectivity index is 1.88. The van der Waals surface area contributed by atoms with Crippen LogP contribution in [0.25, 0.3) is 0 Å². The van der Waals surface area contributed by atoms with Crippen LogP contribution in [-0.4, -0.2) is 49.5 Å². The highest BCUT2D eigenvalue weighted by molar-refractivity contribution is 7.89. The second-order valence-corrected chi connectivity index (χ2v) is 9.22. The average Bonchev–Trinajstić information content (AvgIpc) is 2.64. The van der Waals surface area contributed by atoms with Crippen LogP contribution in [0.1, 0.15) is 37.8 Å². The molecule has 0 spiro atoms. The number of hydrogen-bond acceptors (Lipinski definition) is 5. The van der Waals surface area contributed by atoms with Gasteiger partial charge in [0.15, 0.2) is 6.10 Å². The number of esters is 1. The van der Waals surface area contributed by atoms with E-state index in [0.717, 1.165) is 11.1 Å². The molecule has 1 aromatic carbocycles. The molecule has 1 aliphatic heterocycles. The van der Waals surface area contributed by atoms with E-state index in [-0.39, 0.29) is 17.6 Å². The SMILES string of the molecule is CCS(=O)(=O)N1CCC(C(=O)OC(C)C(=O)Nc2cc(C)ccc2C)CC1. The summed E-state index contributed by atoms with van der Waals surface area (Å²) in [6.45, 7) is 7.58. The first-order valence-corrected chi connectivity index (χ1v) is 10.8. The van der Waals surface area contributed by atoms with Crippen molar-refractivity contribution < 1.29 is 22.7 Å². The van der Waals surface area contributed by atoms with Gasteiger partial charge in [0, 0.05) is 18.8 Å². The summed E-state index contributed by atoms with van der Waals surface area (Å²) in [5, 5.41) is 2.79. The summed E-state index contributed by atoms with van der Waals surface area (Å²) < 4.78 is 30.5. The van der Waals surface area contributed by atoms with Gasteiger partial charge in [0.05, 0.1) is 11.7 Å². The minimum atomic E-state index is -3.23. The standard InChI is InChI=1S/C19H28N2O5S/c1-5-27(24,25)21-10-8-16(9-11-21)19(23)26-15(4)18(22)20-17-12-13(2)6-7-14(17)3/h6-7,12,15-16H,5,8-11H2,1-4H3,(H,20,22). The molecule has 0 aliphatic carbocycles. The number of nitrogens with one attached hydrogen (secondary N) is 1. The number of ether oxygens (including phenoxy) is 1. The number of rotatable bonds is 6. The topological polar surface area (TPSA) is 92.8 Å². The van der Waals surface area contributed by atoms with Gasteiger partial charge in [-0.05, 0) is 57.7 Å². The van der Waals surface area contributed by atoms with E-state index in [1.54, 1.807) is 6.92 Å². The number of benzene rings is 1. The number of piperidine rings is 1. The van der Waals surface area contributed by atoms with Crippen molar-refractivity contribution in [3.63, 3.8) is 0 Å². The average molecular weight is 397 g/mol. The van der Waals surface area contributed by atoms with Crippen molar-refractivity contribution in [2.75, 3.05) is 24.2 Å². The predicted molar refractivity (Wildman–Crippen MR) is 104 cm³/mol. The fourth-order valence-electron chi connectivity index (χ4n) is 2.98. The molecule has 2 rings (SSSR count). The van der Waals surface area contributed by atoms with E-state index in [0.29, 0.717) is 31.6 Å². The molecule has 1 amide bonds. The first-order chi connectivity index (χ1) is 12.6. The van der Waals surface area contributed by atoms with Gasteiger partial charge in [0.25, 0.3) is 5.91 Å². The summed E-state index contributed by atoms with van der Waals surface area (Å²) in [7, 11) is -3.23. The predicted octanol–water partition coefficient (Wildman–Crippen LogP) is 2.24. The minimum absolute atomic E-state index is 0.0533. The number of carbonyl (C=O) groups is 2. The Hall–Kier alpha value is -1.93. The monoisotopic (exact) mass is 396 g/mol. The third-order valence-electron chi connectivity index (χ3n) is 4.86. The summed E-state index contributed by atoms with van der Waals surface area (Å²) in [6.07, 6.45) is -0.109. The van der Waals surface area contributed by atoms with Gasteiger partial charge in [-0.15, -0.1) is 0 Å². The van der Waals surface area contributed by atoms with E-state index in [1.165, 1.54) is 11.2 Å². The molecular formula is C19H28N2O5S. The van der Waals surface area contributed by atoms with Crippen molar-refractivity contribution in [2.45, 2.75) is 46.6 Å². The highest BCUT2D eigenvalue weighted by atomic mass is 32.2. The maximum Gasteiger partial charge on any atom is 0.309 e. The molecule has 1 aromatic rings. The third kappa shape index (κ3) is 5.52. The Bertz CT molecular complexity index is 798. The molecule has 1 heterocycles. The number of hydrogen-bond donors (Lipinski definition) is 1. The van der Waals surface area contributed by atoms with Crippen molar-refractivity contribution in [2.24, 2.45) is 5.92 Å². The summed E-state index contributed by atoms with van der Waals surface area (Å²) in [4.78, 5) is 24.7. The van der Waals surface area contributed by atoms with Gasteiger partial charge in [-0.2, -0.15) is 0 Å². The normalized spacial score (nSPS) is 17.3. The van der Waals surface area contributed by atoms with Crippen LogP contribution < -0.4 is 5.32 Å². The van der Waals surface area contributed by atoms with Crippen LogP contribution in [0.5, 0.6) is 0 Å². The van der Waals surface area contributed by atoms with Gasteiger partial charge in [-0.25, -0.2) is 12.7 Å². The zero-order chi connectivity index (χ0) is 20.2. The molecule has 7 nitrogen and oxygen atoms in total. The fraction of sp³-hybridized carbons (Fsp3) is 0.579. The largest absolute Gasteiger partial charge is 0.452 e. The second kappa shape index (κ2) is 8.84. The van der Waals surface area contributed by atoms with Gasteiger partial charge in [0.1, 0.15) is 0 Å². The molecule has 150 valence electrons. The molecule has 27 heavy (non-hydrogen) atoms. The van der Waals surface area contributed by atoms with Crippen molar-refractivity contribution in [3.8, 4) is 0 Å². The minimum Gasteiger partial charge on any atom is -0.452 e. The van der Waals surface area contributed by atoms with Crippen molar-refractivity contribution in [1.82, 2.24) is 4.31 Å². The molecular weight excluding hydrogens is 368 g/mol. The smallest absolute Gasteiger partial charge is 0.309 e. The van der Waals surface area contributed by atoms with E-state index in [1.807, 2.05) is 32.0 Å². The van der Waals surface area contributed by atoms with Crippen LogP contribution in [0.2, 0.25) is 0 Å². The second-order valence-electron chi connectivity index (χ2n) is 6.96. The number of nitrogens with zero attached hydrogens (tertiary/aromatic N) is 1. The van der Waals surface area contributed by atoms with Crippen LogP contribution in [0.4, 0.5) is 5.69 Å². The van der Waals surface area contributed by atoms with Crippen LogP contribution >= 0.6 is 0 Å². The molecule has 1 fully saturated rings. The highest BCUT2D eigenvalue weighted by Gasteiger charge is 2.32. The van der Waals surface area contributed by atoms with E-state index in [2.05, 4.69) is 5.32 Å². The van der Waals surface area contributed by atoms with Gasteiger partial charge in [0.2, 0.25) is 10.0 Å². The van der Waals surface area contributed by atoms with Crippen molar-refractivity contribution in [1.29, 1.82) is 0 Å². The van der Waals surface area contributed by atoms with Crippen molar-refractivity contribution >= 4 is 27.6 Å². The van der Waals surface area contributed by atoms with Crippen LogP contribution in [0.15, 0.2) is 18.2 Å². The number of carbonyl (C=O) groups excluding carboxylic acids is 2. The summed E-state index contributed by atoms with van der Waals surface area (Å²) >= 11 is 0. The Morgan fingerprint density at radius 1 is 1.26 bits per heavy atom. The number of aryl methyl sites for hydroxylation is 2. The van der Waals surface area contributed by atoms with E-state index < -0.39 is 22.1 Å². The number of amides is 1. The lowest BCUT2D eigenvalue weighted by Crippen LogP contribution is -2.42. The Morgan fingerprint density at radius 3 is 2.48 bits per heavy atom. The maximum absolute atomic E-state index is 12.3. The number of sulfonamides is 1. The lowest BCUT2D eigenvalue weighted by molar-refractivity contribution is -0.158. The molecule has 1 N–H and O–H groups in total. The molecule has 0 aromatic heterocycles. The summed E-state index contributed by atoms with van der Waals surface area (Å²) in [5.74, 6) is -1.17. The zero-order valence-electron chi connectivity index (χ0n) is 16.3. The fourth-order valence-corrected chi connectivity index (χ4v) is 4.11. The molecule has 1 atom stereocenters. The zero-order valence-corrected chi connectivity index (χ0v) is 17.1. The van der Waals surface area contributed by atoms with E-state index in [9.17, 15) is 18.0 Å². The molecule has 1 aliphatic rings. The Morgan fingerprint density at radius 2 is 1.89 bits per heavy atom. The summed E-state index contributed by atoms with van der Waals surface area (Å²) in [5.41, 5.74) is 2.65. The molecule has 0 radical (unpaired) electrons. The Kier molecular flexibility index (Phi) is 7.00.